The number of carbonyl (C=O) groups is 2. The van der Waals surface area contributed by atoms with Crippen LogP contribution in [0.1, 0.15) is 10.6 Å². The van der Waals surface area contributed by atoms with Crippen molar-refractivity contribution in [3.05, 3.63) is 48.4 Å². The van der Waals surface area contributed by atoms with E-state index in [4.69, 9.17) is 4.42 Å². The van der Waals surface area contributed by atoms with E-state index in [-0.39, 0.29) is 23.3 Å². The van der Waals surface area contributed by atoms with Gasteiger partial charge < -0.3 is 19.3 Å². The Bertz CT molecular complexity index is 980. The molecule has 0 bridgehead atoms. The molecule has 10 nitrogen and oxygen atoms in total. The number of hydrogen-bond donors (Lipinski definition) is 1. The summed E-state index contributed by atoms with van der Waals surface area (Å²) >= 11 is 1.24. The van der Waals surface area contributed by atoms with Crippen LogP contribution in [0.15, 0.2) is 52.2 Å². The van der Waals surface area contributed by atoms with Crippen molar-refractivity contribution < 1.29 is 19.1 Å². The van der Waals surface area contributed by atoms with Crippen molar-refractivity contribution in [2.75, 3.05) is 31.9 Å². The highest BCUT2D eigenvalue weighted by Crippen LogP contribution is 2.20. The van der Waals surface area contributed by atoms with E-state index in [0.717, 1.165) is 0 Å². The Morgan fingerprint density at radius 1 is 1.07 bits per heavy atom. The van der Waals surface area contributed by atoms with Crippen molar-refractivity contribution in [2.24, 2.45) is 0 Å². The molecule has 2 amide bonds. The fraction of sp³-hybridized carbons (Fsp3) is 0.278. The number of carbonyl (C=O) groups excluding carboxylic acids is 2. The van der Waals surface area contributed by atoms with Gasteiger partial charge >= 0.3 is 0 Å². The molecule has 1 aromatic carbocycles. The van der Waals surface area contributed by atoms with Gasteiger partial charge in [-0.05, 0) is 46.8 Å². The molecule has 4 rings (SSSR count). The van der Waals surface area contributed by atoms with Gasteiger partial charge in [-0.3, -0.25) is 9.59 Å². The van der Waals surface area contributed by atoms with E-state index in [0.29, 0.717) is 42.8 Å². The second-order valence-corrected chi connectivity index (χ2v) is 7.27. The van der Waals surface area contributed by atoms with Gasteiger partial charge in [-0.2, -0.15) is 4.68 Å². The largest absolute Gasteiger partial charge is 0.508 e. The summed E-state index contributed by atoms with van der Waals surface area (Å²) in [7, 11) is 0. The zero-order valence-corrected chi connectivity index (χ0v) is 16.2. The first-order chi connectivity index (χ1) is 14.1. The molecule has 150 valence electrons. The average Bonchev–Trinajstić information content (AvgIpc) is 3.44. The first-order valence-electron chi connectivity index (χ1n) is 8.93. The lowest BCUT2D eigenvalue weighted by Gasteiger charge is -2.34. The highest BCUT2D eigenvalue weighted by Gasteiger charge is 2.26. The Labute approximate surface area is 170 Å². The number of piperazine rings is 1. The number of hydrogen-bond acceptors (Lipinski definition) is 8. The highest BCUT2D eigenvalue weighted by atomic mass is 32.2. The van der Waals surface area contributed by atoms with Crippen LogP contribution in [0.3, 0.4) is 0 Å². The van der Waals surface area contributed by atoms with Crippen LogP contribution in [-0.2, 0) is 4.79 Å². The minimum Gasteiger partial charge on any atom is -0.508 e. The molecule has 0 saturated carbocycles. The van der Waals surface area contributed by atoms with Crippen molar-refractivity contribution in [3.8, 4) is 11.4 Å². The lowest BCUT2D eigenvalue weighted by molar-refractivity contribution is -0.129. The topological polar surface area (TPSA) is 118 Å². The summed E-state index contributed by atoms with van der Waals surface area (Å²) in [6.07, 6.45) is 1.47. The van der Waals surface area contributed by atoms with Crippen molar-refractivity contribution in [1.29, 1.82) is 0 Å². The van der Waals surface area contributed by atoms with Crippen LogP contribution in [0.5, 0.6) is 5.75 Å². The number of thioether (sulfide) groups is 1. The number of phenolic OH excluding ortho intramolecular Hbond substituents is 1. The van der Waals surface area contributed by atoms with Crippen molar-refractivity contribution in [1.82, 2.24) is 30.0 Å². The molecule has 1 N–H and O–H groups in total. The molecule has 1 fully saturated rings. The van der Waals surface area contributed by atoms with E-state index in [1.54, 1.807) is 46.2 Å². The van der Waals surface area contributed by atoms with Gasteiger partial charge in [0.05, 0.1) is 17.7 Å². The summed E-state index contributed by atoms with van der Waals surface area (Å²) in [4.78, 5) is 28.3. The predicted molar refractivity (Wildman–Crippen MR) is 103 cm³/mol. The van der Waals surface area contributed by atoms with E-state index in [9.17, 15) is 14.7 Å². The maximum absolute atomic E-state index is 12.6. The fourth-order valence-corrected chi connectivity index (χ4v) is 3.75. The van der Waals surface area contributed by atoms with Crippen LogP contribution in [0.2, 0.25) is 0 Å². The molecule has 3 heterocycles. The molecular weight excluding hydrogens is 396 g/mol. The molecule has 0 spiro atoms. The van der Waals surface area contributed by atoms with Crippen LogP contribution >= 0.6 is 11.8 Å². The lowest BCUT2D eigenvalue weighted by atomic mass is 10.3. The molecule has 2 aromatic heterocycles. The zero-order valence-electron chi connectivity index (χ0n) is 15.3. The number of furan rings is 1. The Kier molecular flexibility index (Phi) is 5.47. The Hall–Kier alpha value is -3.34. The fourth-order valence-electron chi connectivity index (χ4n) is 2.96. The van der Waals surface area contributed by atoms with Crippen LogP contribution in [0, 0.1) is 0 Å². The third-order valence-corrected chi connectivity index (χ3v) is 5.42. The Balaban J connectivity index is 1.31. The normalized spacial score (nSPS) is 14.2. The van der Waals surface area contributed by atoms with E-state index < -0.39 is 0 Å². The molecule has 0 unspecified atom stereocenters. The van der Waals surface area contributed by atoms with Crippen molar-refractivity contribution in [3.63, 3.8) is 0 Å². The molecule has 0 radical (unpaired) electrons. The monoisotopic (exact) mass is 414 g/mol. The number of aromatic nitrogens is 4. The third-order valence-electron chi connectivity index (χ3n) is 4.51. The number of amides is 2. The van der Waals surface area contributed by atoms with Gasteiger partial charge in [-0.25, -0.2) is 0 Å². The second-order valence-electron chi connectivity index (χ2n) is 6.33. The van der Waals surface area contributed by atoms with Crippen LogP contribution in [0.4, 0.5) is 0 Å². The van der Waals surface area contributed by atoms with Crippen LogP contribution in [-0.4, -0.2) is 78.9 Å². The summed E-state index contributed by atoms with van der Waals surface area (Å²) in [5.41, 5.74) is 0.688. The molecule has 1 aliphatic rings. The summed E-state index contributed by atoms with van der Waals surface area (Å²) in [5, 5.41) is 21.5. The van der Waals surface area contributed by atoms with Crippen molar-refractivity contribution >= 4 is 23.6 Å². The number of benzene rings is 1. The average molecular weight is 414 g/mol. The van der Waals surface area contributed by atoms with E-state index in [2.05, 4.69) is 15.5 Å². The summed E-state index contributed by atoms with van der Waals surface area (Å²) in [5.74, 6) is 0.437. The summed E-state index contributed by atoms with van der Waals surface area (Å²) in [6, 6.07) is 9.77. The molecule has 29 heavy (non-hydrogen) atoms. The van der Waals surface area contributed by atoms with Crippen molar-refractivity contribution in [2.45, 2.75) is 5.16 Å². The summed E-state index contributed by atoms with van der Waals surface area (Å²) in [6.45, 7) is 1.85. The van der Waals surface area contributed by atoms with Crippen LogP contribution in [0.25, 0.3) is 5.69 Å². The van der Waals surface area contributed by atoms with E-state index in [1.165, 1.54) is 22.7 Å². The standard InChI is InChI=1S/C18H18N6O4S/c25-14-5-3-13(4-6-14)24-18(19-20-21-24)29-12-16(26)22-7-9-23(10-8-22)17(27)15-2-1-11-28-15/h1-6,11,25H,7-10,12H2. The Morgan fingerprint density at radius 2 is 1.79 bits per heavy atom. The molecule has 1 saturated heterocycles. The van der Waals surface area contributed by atoms with Gasteiger partial charge in [-0.15, -0.1) is 5.10 Å². The smallest absolute Gasteiger partial charge is 0.289 e. The highest BCUT2D eigenvalue weighted by molar-refractivity contribution is 7.99. The van der Waals surface area contributed by atoms with E-state index >= 15 is 0 Å². The minimum absolute atomic E-state index is 0.0413. The first kappa shape index (κ1) is 19.0. The van der Waals surface area contributed by atoms with Gasteiger partial charge in [0, 0.05) is 26.2 Å². The molecule has 1 aliphatic heterocycles. The molecule has 0 aliphatic carbocycles. The molecule has 3 aromatic rings. The molecular formula is C18H18N6O4S. The maximum atomic E-state index is 12.6. The predicted octanol–water partition coefficient (Wildman–Crippen LogP) is 1.04. The first-order valence-corrected chi connectivity index (χ1v) is 9.91. The van der Waals surface area contributed by atoms with E-state index in [1.807, 2.05) is 0 Å². The van der Waals surface area contributed by atoms with Gasteiger partial charge in [0.2, 0.25) is 11.1 Å². The number of phenols is 1. The number of tetrazole rings is 1. The number of nitrogens with zero attached hydrogens (tertiary/aromatic N) is 6. The zero-order chi connectivity index (χ0) is 20.2. The van der Waals surface area contributed by atoms with Crippen LogP contribution < -0.4 is 0 Å². The minimum atomic E-state index is -0.162. The van der Waals surface area contributed by atoms with Gasteiger partial charge in [0.15, 0.2) is 5.76 Å². The van der Waals surface area contributed by atoms with Gasteiger partial charge in [0.1, 0.15) is 5.75 Å². The van der Waals surface area contributed by atoms with Gasteiger partial charge in [-0.1, -0.05) is 11.8 Å². The lowest BCUT2D eigenvalue weighted by Crippen LogP contribution is -2.51. The SMILES string of the molecule is O=C(CSc1nnnn1-c1ccc(O)cc1)N1CCN(C(=O)c2ccco2)CC1. The number of aromatic hydroxyl groups is 1. The number of rotatable bonds is 5. The van der Waals surface area contributed by atoms with Gasteiger partial charge in [0.25, 0.3) is 5.91 Å². The molecule has 11 heteroatoms. The second kappa shape index (κ2) is 8.35. The quantitative estimate of drug-likeness (QED) is 0.616. The third kappa shape index (κ3) is 4.24. The molecule has 0 atom stereocenters. The Morgan fingerprint density at radius 3 is 2.48 bits per heavy atom. The summed E-state index contributed by atoms with van der Waals surface area (Å²) < 4.78 is 6.66. The maximum Gasteiger partial charge on any atom is 0.289 e.